The number of halogens is 1. The lowest BCUT2D eigenvalue weighted by Gasteiger charge is -2.19. The Kier molecular flexibility index (Phi) is 6.32. The molecule has 1 N–H and O–H groups in total. The molecule has 0 saturated carbocycles. The van der Waals surface area contributed by atoms with Gasteiger partial charge in [-0.25, -0.2) is 9.18 Å². The largest absolute Gasteiger partial charge is 0.421 e. The summed E-state index contributed by atoms with van der Waals surface area (Å²) >= 11 is 0. The molecule has 0 radical (unpaired) electrons. The fourth-order valence-corrected chi connectivity index (χ4v) is 3.58. The molecule has 2 aromatic carbocycles. The van der Waals surface area contributed by atoms with Crippen LogP contribution in [0.4, 0.5) is 4.39 Å². The van der Waals surface area contributed by atoms with Crippen molar-refractivity contribution in [3.8, 4) is 0 Å². The normalized spacial score (nSPS) is 11.2. The van der Waals surface area contributed by atoms with Crippen LogP contribution in [0, 0.1) is 5.82 Å². The van der Waals surface area contributed by atoms with Gasteiger partial charge in [-0.3, -0.25) is 9.36 Å². The number of benzene rings is 2. The molecule has 0 fully saturated rings. The van der Waals surface area contributed by atoms with Crippen molar-refractivity contribution >= 4 is 0 Å². The van der Waals surface area contributed by atoms with Crippen LogP contribution in [-0.4, -0.2) is 14.5 Å². The quantitative estimate of drug-likeness (QED) is 0.619. The smallest absolute Gasteiger partial charge is 0.364 e. The van der Waals surface area contributed by atoms with Gasteiger partial charge in [0, 0.05) is 24.2 Å². The predicted molar refractivity (Wildman–Crippen MR) is 110 cm³/mol. The number of hydrogen-bond donors (Lipinski definition) is 1. The summed E-state index contributed by atoms with van der Waals surface area (Å²) in [5.74, 6) is -0.437. The molecule has 29 heavy (non-hydrogen) atoms. The van der Waals surface area contributed by atoms with Gasteiger partial charge in [-0.05, 0) is 42.0 Å². The molecule has 0 aliphatic carbocycles. The standard InChI is InChI=1S/C23H25FN2O3/c1-16(2)21-20(15-18-7-4-3-5-8-18)25(23(28)26(29)22(21)27)14-6-9-17-10-12-19(24)13-11-17/h3-5,7-8,10-13,16,29H,6,9,14-15H2,1-2H3. The van der Waals surface area contributed by atoms with Crippen LogP contribution in [0.5, 0.6) is 0 Å². The van der Waals surface area contributed by atoms with E-state index in [0.717, 1.165) is 11.1 Å². The lowest BCUT2D eigenvalue weighted by atomic mass is 9.97. The lowest BCUT2D eigenvalue weighted by Crippen LogP contribution is -2.43. The van der Waals surface area contributed by atoms with E-state index in [1.807, 2.05) is 44.2 Å². The fraction of sp³-hybridized carbons (Fsp3) is 0.304. The SMILES string of the molecule is CC(C)c1c(Cc2ccccc2)n(CCCc2ccc(F)cc2)c(=O)n(O)c1=O. The summed E-state index contributed by atoms with van der Waals surface area (Å²) in [5, 5.41) is 10.1. The zero-order valence-corrected chi connectivity index (χ0v) is 16.6. The van der Waals surface area contributed by atoms with E-state index in [0.29, 0.717) is 37.1 Å². The minimum atomic E-state index is -0.732. The first-order chi connectivity index (χ1) is 13.9. The molecule has 3 aromatic rings. The first kappa shape index (κ1) is 20.6. The first-order valence-electron chi connectivity index (χ1n) is 9.74. The van der Waals surface area contributed by atoms with Crippen LogP contribution < -0.4 is 11.2 Å². The summed E-state index contributed by atoms with van der Waals surface area (Å²) in [6.07, 6.45) is 1.69. The van der Waals surface area contributed by atoms with Gasteiger partial charge in [0.15, 0.2) is 0 Å². The van der Waals surface area contributed by atoms with Crippen LogP contribution in [0.2, 0.25) is 0 Å². The minimum absolute atomic E-state index is 0.149. The molecule has 3 rings (SSSR count). The van der Waals surface area contributed by atoms with Crippen LogP contribution in [0.15, 0.2) is 64.2 Å². The molecule has 5 nitrogen and oxygen atoms in total. The Labute approximate surface area is 168 Å². The zero-order chi connectivity index (χ0) is 21.0. The summed E-state index contributed by atoms with van der Waals surface area (Å²) in [7, 11) is 0. The third kappa shape index (κ3) is 4.65. The van der Waals surface area contributed by atoms with Crippen molar-refractivity contribution in [1.29, 1.82) is 0 Å². The van der Waals surface area contributed by atoms with E-state index in [4.69, 9.17) is 0 Å². The Morgan fingerprint density at radius 3 is 2.24 bits per heavy atom. The third-order valence-corrected chi connectivity index (χ3v) is 5.02. The van der Waals surface area contributed by atoms with Crippen molar-refractivity contribution < 1.29 is 9.60 Å². The molecule has 0 aliphatic rings. The topological polar surface area (TPSA) is 64.2 Å². The second kappa shape index (κ2) is 8.90. The van der Waals surface area contributed by atoms with Crippen molar-refractivity contribution in [1.82, 2.24) is 9.30 Å². The van der Waals surface area contributed by atoms with Gasteiger partial charge in [0.25, 0.3) is 5.56 Å². The molecule has 0 atom stereocenters. The molecule has 0 aliphatic heterocycles. The number of aromatic nitrogens is 2. The van der Waals surface area contributed by atoms with Gasteiger partial charge in [-0.15, -0.1) is 0 Å². The maximum absolute atomic E-state index is 13.1. The Morgan fingerprint density at radius 1 is 0.966 bits per heavy atom. The van der Waals surface area contributed by atoms with Crippen molar-refractivity contribution in [2.75, 3.05) is 0 Å². The van der Waals surface area contributed by atoms with E-state index in [1.54, 1.807) is 12.1 Å². The predicted octanol–water partition coefficient (Wildman–Crippen LogP) is 3.73. The van der Waals surface area contributed by atoms with Crippen molar-refractivity contribution in [2.45, 2.75) is 45.6 Å². The molecule has 0 bridgehead atoms. The van der Waals surface area contributed by atoms with E-state index in [-0.39, 0.29) is 16.5 Å². The van der Waals surface area contributed by atoms with Crippen LogP contribution in [0.1, 0.15) is 48.6 Å². The zero-order valence-electron chi connectivity index (χ0n) is 16.6. The average molecular weight is 396 g/mol. The average Bonchev–Trinajstić information content (AvgIpc) is 2.70. The molecule has 0 saturated heterocycles. The summed E-state index contributed by atoms with van der Waals surface area (Å²) < 4.78 is 14.8. The van der Waals surface area contributed by atoms with E-state index in [1.165, 1.54) is 16.7 Å². The maximum atomic E-state index is 13.1. The summed E-state index contributed by atoms with van der Waals surface area (Å²) in [4.78, 5) is 25.3. The highest BCUT2D eigenvalue weighted by Gasteiger charge is 2.21. The van der Waals surface area contributed by atoms with E-state index in [9.17, 15) is 19.2 Å². The lowest BCUT2D eigenvalue weighted by molar-refractivity contribution is 0.151. The van der Waals surface area contributed by atoms with Crippen molar-refractivity contribution in [3.05, 3.63) is 104 Å². The van der Waals surface area contributed by atoms with Gasteiger partial charge < -0.3 is 5.21 Å². The van der Waals surface area contributed by atoms with Gasteiger partial charge in [0.1, 0.15) is 5.82 Å². The Bertz CT molecular complexity index is 1080. The molecular weight excluding hydrogens is 371 g/mol. The highest BCUT2D eigenvalue weighted by Crippen LogP contribution is 2.19. The van der Waals surface area contributed by atoms with Gasteiger partial charge in [-0.2, -0.15) is 0 Å². The molecule has 0 spiro atoms. The monoisotopic (exact) mass is 396 g/mol. The van der Waals surface area contributed by atoms with Crippen LogP contribution in [-0.2, 0) is 19.4 Å². The van der Waals surface area contributed by atoms with E-state index >= 15 is 0 Å². The van der Waals surface area contributed by atoms with Gasteiger partial charge in [0.2, 0.25) is 0 Å². The van der Waals surface area contributed by atoms with Gasteiger partial charge in [0.05, 0.1) is 0 Å². The summed E-state index contributed by atoms with van der Waals surface area (Å²) in [6, 6.07) is 15.9. The minimum Gasteiger partial charge on any atom is -0.421 e. The van der Waals surface area contributed by atoms with Crippen LogP contribution in [0.25, 0.3) is 0 Å². The maximum Gasteiger partial charge on any atom is 0.364 e. The second-order valence-electron chi connectivity index (χ2n) is 7.46. The number of nitrogens with zero attached hydrogens (tertiary/aromatic N) is 2. The van der Waals surface area contributed by atoms with E-state index in [2.05, 4.69) is 0 Å². The molecule has 1 aromatic heterocycles. The molecule has 0 unspecified atom stereocenters. The van der Waals surface area contributed by atoms with Crippen molar-refractivity contribution in [3.63, 3.8) is 0 Å². The van der Waals surface area contributed by atoms with Gasteiger partial charge >= 0.3 is 5.69 Å². The Balaban J connectivity index is 1.98. The number of rotatable bonds is 7. The molecule has 6 heteroatoms. The Hall–Kier alpha value is -3.15. The van der Waals surface area contributed by atoms with Crippen LogP contribution >= 0.6 is 0 Å². The fourth-order valence-electron chi connectivity index (χ4n) is 3.58. The number of hydrogen-bond acceptors (Lipinski definition) is 3. The van der Waals surface area contributed by atoms with Crippen molar-refractivity contribution in [2.24, 2.45) is 0 Å². The van der Waals surface area contributed by atoms with Crippen LogP contribution in [0.3, 0.4) is 0 Å². The summed E-state index contributed by atoms with van der Waals surface area (Å²) in [5.41, 5.74) is 1.63. The molecular formula is C23H25FN2O3. The molecule has 0 amide bonds. The highest BCUT2D eigenvalue weighted by molar-refractivity contribution is 5.29. The molecule has 1 heterocycles. The summed E-state index contributed by atoms with van der Waals surface area (Å²) in [6.45, 7) is 4.09. The third-order valence-electron chi connectivity index (χ3n) is 5.02. The number of aryl methyl sites for hydroxylation is 1. The van der Waals surface area contributed by atoms with Gasteiger partial charge in [-0.1, -0.05) is 61.0 Å². The highest BCUT2D eigenvalue weighted by atomic mass is 19.1. The first-order valence-corrected chi connectivity index (χ1v) is 9.74. The van der Waals surface area contributed by atoms with E-state index < -0.39 is 11.2 Å². The second-order valence-corrected chi connectivity index (χ2v) is 7.46. The molecule has 152 valence electrons. The Morgan fingerprint density at radius 2 is 1.62 bits per heavy atom.